The summed E-state index contributed by atoms with van der Waals surface area (Å²) in [6.45, 7) is 2.12. The molecule has 1 aromatic rings. The molecule has 0 heterocycles. The third-order valence-electron chi connectivity index (χ3n) is 4.62. The van der Waals surface area contributed by atoms with E-state index in [1.807, 2.05) is 14.2 Å². The number of hydrogen-bond donors (Lipinski definition) is 1. The fraction of sp³-hybridized carbons (Fsp3) is 0.647. The number of aryl methyl sites for hydroxylation is 1. The molecule has 1 unspecified atom stereocenters. The Hall–Kier alpha value is -1.06. The van der Waals surface area contributed by atoms with Gasteiger partial charge in [-0.15, -0.1) is 0 Å². The zero-order valence-electron chi connectivity index (χ0n) is 13.2. The summed E-state index contributed by atoms with van der Waals surface area (Å²) >= 11 is 0. The maximum atomic E-state index is 6.01. The van der Waals surface area contributed by atoms with E-state index < -0.39 is 0 Å². The minimum Gasteiger partial charge on any atom is -0.496 e. The Balaban J connectivity index is 2.42. The van der Waals surface area contributed by atoms with Crippen molar-refractivity contribution < 1.29 is 9.47 Å². The van der Waals surface area contributed by atoms with Gasteiger partial charge in [0.25, 0.3) is 0 Å². The van der Waals surface area contributed by atoms with Crippen LogP contribution in [0, 0.1) is 6.92 Å². The lowest BCUT2D eigenvalue weighted by atomic mass is 9.76. The Morgan fingerprint density at radius 3 is 2.40 bits per heavy atom. The second-order valence-corrected chi connectivity index (χ2v) is 5.80. The standard InChI is InChI=1S/C17H27NO2/c1-13-8-9-15(19-3)14(12-13)16(18-2)17(20-4)10-6-5-7-11-17/h8-9,12,16,18H,5-7,10-11H2,1-4H3. The van der Waals surface area contributed by atoms with E-state index in [-0.39, 0.29) is 11.6 Å². The van der Waals surface area contributed by atoms with Gasteiger partial charge >= 0.3 is 0 Å². The zero-order valence-corrected chi connectivity index (χ0v) is 13.2. The maximum absolute atomic E-state index is 6.01. The summed E-state index contributed by atoms with van der Waals surface area (Å²) in [6, 6.07) is 6.54. The molecule has 0 spiro atoms. The Kier molecular flexibility index (Phi) is 5.06. The second-order valence-electron chi connectivity index (χ2n) is 5.80. The Morgan fingerprint density at radius 1 is 1.15 bits per heavy atom. The van der Waals surface area contributed by atoms with Crippen LogP contribution < -0.4 is 10.1 Å². The van der Waals surface area contributed by atoms with Crippen LogP contribution in [0.1, 0.15) is 49.3 Å². The van der Waals surface area contributed by atoms with Crippen LogP contribution in [0.15, 0.2) is 18.2 Å². The fourth-order valence-corrected chi connectivity index (χ4v) is 3.54. The molecule has 0 bridgehead atoms. The molecular formula is C17H27NO2. The van der Waals surface area contributed by atoms with Crippen LogP contribution >= 0.6 is 0 Å². The molecule has 0 amide bonds. The second kappa shape index (κ2) is 6.59. The first-order valence-electron chi connectivity index (χ1n) is 7.54. The van der Waals surface area contributed by atoms with Crippen molar-refractivity contribution in [1.29, 1.82) is 0 Å². The van der Waals surface area contributed by atoms with Crippen molar-refractivity contribution in [2.75, 3.05) is 21.3 Å². The summed E-state index contributed by atoms with van der Waals surface area (Å²) < 4.78 is 11.6. The SMILES string of the molecule is CNC(c1cc(C)ccc1OC)C1(OC)CCCCC1. The van der Waals surface area contributed by atoms with E-state index in [1.54, 1.807) is 7.11 Å². The van der Waals surface area contributed by atoms with E-state index in [0.29, 0.717) is 0 Å². The Morgan fingerprint density at radius 2 is 1.85 bits per heavy atom. The highest BCUT2D eigenvalue weighted by Crippen LogP contribution is 2.43. The van der Waals surface area contributed by atoms with Gasteiger partial charge in [-0.2, -0.15) is 0 Å². The van der Waals surface area contributed by atoms with Crippen LogP contribution in [-0.2, 0) is 4.74 Å². The summed E-state index contributed by atoms with van der Waals surface area (Å²) in [7, 11) is 5.60. The van der Waals surface area contributed by atoms with E-state index >= 15 is 0 Å². The number of ether oxygens (including phenoxy) is 2. The van der Waals surface area contributed by atoms with Gasteiger partial charge in [0, 0.05) is 12.7 Å². The van der Waals surface area contributed by atoms with E-state index in [4.69, 9.17) is 9.47 Å². The van der Waals surface area contributed by atoms with Crippen LogP contribution in [0.4, 0.5) is 0 Å². The molecule has 112 valence electrons. The predicted octanol–water partition coefficient (Wildman–Crippen LogP) is 3.61. The highest BCUT2D eigenvalue weighted by Gasteiger charge is 2.41. The summed E-state index contributed by atoms with van der Waals surface area (Å²) in [5.41, 5.74) is 2.34. The summed E-state index contributed by atoms with van der Waals surface area (Å²) in [5, 5.41) is 3.48. The largest absolute Gasteiger partial charge is 0.496 e. The van der Waals surface area contributed by atoms with Crippen molar-refractivity contribution in [2.45, 2.75) is 50.7 Å². The zero-order chi connectivity index (χ0) is 14.6. The summed E-state index contributed by atoms with van der Waals surface area (Å²) in [5.74, 6) is 0.942. The number of hydrogen-bond acceptors (Lipinski definition) is 3. The Bertz CT molecular complexity index is 439. The average Bonchev–Trinajstić information content (AvgIpc) is 2.49. The molecule has 3 heteroatoms. The Labute approximate surface area is 122 Å². The first-order chi connectivity index (χ1) is 9.66. The minimum absolute atomic E-state index is 0.117. The molecule has 1 aliphatic rings. The first kappa shape index (κ1) is 15.3. The molecule has 1 atom stereocenters. The monoisotopic (exact) mass is 277 g/mol. The number of likely N-dealkylation sites (N-methyl/N-ethyl adjacent to an activating group) is 1. The molecule has 1 N–H and O–H groups in total. The lowest BCUT2D eigenvalue weighted by molar-refractivity contribution is -0.0675. The maximum Gasteiger partial charge on any atom is 0.123 e. The van der Waals surface area contributed by atoms with Crippen molar-refractivity contribution >= 4 is 0 Å². The highest BCUT2D eigenvalue weighted by atomic mass is 16.5. The minimum atomic E-state index is -0.117. The molecular weight excluding hydrogens is 250 g/mol. The molecule has 1 fully saturated rings. The third-order valence-corrected chi connectivity index (χ3v) is 4.62. The van der Waals surface area contributed by atoms with Gasteiger partial charge in [-0.3, -0.25) is 0 Å². The smallest absolute Gasteiger partial charge is 0.123 e. The van der Waals surface area contributed by atoms with Crippen LogP contribution in [0.25, 0.3) is 0 Å². The van der Waals surface area contributed by atoms with Gasteiger partial charge in [-0.25, -0.2) is 0 Å². The van der Waals surface area contributed by atoms with Crippen molar-refractivity contribution in [1.82, 2.24) is 5.32 Å². The van der Waals surface area contributed by atoms with Crippen molar-refractivity contribution in [2.24, 2.45) is 0 Å². The average molecular weight is 277 g/mol. The molecule has 0 radical (unpaired) electrons. The quantitative estimate of drug-likeness (QED) is 0.892. The van der Waals surface area contributed by atoms with E-state index in [2.05, 4.69) is 30.4 Å². The normalized spacial score (nSPS) is 19.6. The van der Waals surface area contributed by atoms with E-state index in [1.165, 1.54) is 30.4 Å². The lowest BCUT2D eigenvalue weighted by Crippen LogP contribution is -2.46. The molecule has 1 aromatic carbocycles. The number of rotatable bonds is 5. The van der Waals surface area contributed by atoms with E-state index in [0.717, 1.165) is 18.6 Å². The van der Waals surface area contributed by atoms with Crippen molar-refractivity contribution in [3.05, 3.63) is 29.3 Å². The van der Waals surface area contributed by atoms with Gasteiger partial charge in [0.05, 0.1) is 18.8 Å². The highest BCUT2D eigenvalue weighted by molar-refractivity contribution is 5.40. The summed E-state index contributed by atoms with van der Waals surface area (Å²) in [6.07, 6.45) is 5.99. The van der Waals surface area contributed by atoms with Crippen LogP contribution in [0.5, 0.6) is 5.75 Å². The predicted molar refractivity (Wildman–Crippen MR) is 82.4 cm³/mol. The molecule has 1 aliphatic carbocycles. The fourth-order valence-electron chi connectivity index (χ4n) is 3.54. The first-order valence-corrected chi connectivity index (χ1v) is 7.54. The molecule has 3 nitrogen and oxygen atoms in total. The topological polar surface area (TPSA) is 30.5 Å². The van der Waals surface area contributed by atoms with Gasteiger partial charge in [0.15, 0.2) is 0 Å². The van der Waals surface area contributed by atoms with Gasteiger partial charge in [-0.1, -0.05) is 37.0 Å². The molecule has 0 aliphatic heterocycles. The molecule has 20 heavy (non-hydrogen) atoms. The van der Waals surface area contributed by atoms with Crippen LogP contribution in [-0.4, -0.2) is 26.9 Å². The molecule has 2 rings (SSSR count). The molecule has 0 aromatic heterocycles. The summed E-state index contributed by atoms with van der Waals surface area (Å²) in [4.78, 5) is 0. The van der Waals surface area contributed by atoms with Crippen molar-refractivity contribution in [3.8, 4) is 5.75 Å². The lowest BCUT2D eigenvalue weighted by Gasteiger charge is -2.43. The third kappa shape index (κ3) is 2.84. The van der Waals surface area contributed by atoms with Gasteiger partial charge in [0.2, 0.25) is 0 Å². The van der Waals surface area contributed by atoms with Gasteiger partial charge in [0.1, 0.15) is 5.75 Å². The van der Waals surface area contributed by atoms with Gasteiger partial charge < -0.3 is 14.8 Å². The molecule has 1 saturated carbocycles. The van der Waals surface area contributed by atoms with Crippen molar-refractivity contribution in [3.63, 3.8) is 0 Å². The van der Waals surface area contributed by atoms with Gasteiger partial charge in [-0.05, 0) is 32.9 Å². The number of nitrogens with one attached hydrogen (secondary N) is 1. The van der Waals surface area contributed by atoms with Crippen LogP contribution in [0.3, 0.4) is 0 Å². The van der Waals surface area contributed by atoms with Crippen LogP contribution in [0.2, 0.25) is 0 Å². The number of benzene rings is 1. The molecule has 0 saturated heterocycles. The van der Waals surface area contributed by atoms with E-state index in [9.17, 15) is 0 Å². The number of methoxy groups -OCH3 is 2.